The lowest BCUT2D eigenvalue weighted by Gasteiger charge is -2.12. The molecule has 3 aromatic rings. The number of aryl methyl sites for hydroxylation is 1. The van der Waals surface area contributed by atoms with Gasteiger partial charge in [-0.1, -0.05) is 53.5 Å². The van der Waals surface area contributed by atoms with Gasteiger partial charge in [-0.05, 0) is 60.0 Å². The molecule has 0 fully saturated rings. The van der Waals surface area contributed by atoms with Crippen LogP contribution < -0.4 is 14.8 Å². The molecular formula is C25H20Cl2N2O3. The molecule has 0 aromatic heterocycles. The smallest absolute Gasteiger partial charge is 0.266 e. The molecule has 0 bridgehead atoms. The van der Waals surface area contributed by atoms with Gasteiger partial charge in [-0.25, -0.2) is 0 Å². The Bertz CT molecular complexity index is 1180. The highest BCUT2D eigenvalue weighted by molar-refractivity contribution is 6.34. The van der Waals surface area contributed by atoms with Gasteiger partial charge in [0, 0.05) is 5.02 Å². The van der Waals surface area contributed by atoms with Crippen LogP contribution in [0.1, 0.15) is 16.7 Å². The first-order chi connectivity index (χ1) is 15.4. The molecule has 0 unspecified atom stereocenters. The molecule has 0 aliphatic carbocycles. The Morgan fingerprint density at radius 1 is 1.09 bits per heavy atom. The molecule has 1 amide bonds. The quantitative estimate of drug-likeness (QED) is 0.321. The molecule has 0 saturated carbocycles. The third-order valence-electron chi connectivity index (χ3n) is 4.63. The average molecular weight is 467 g/mol. The number of carbonyl (C=O) groups excluding carboxylic acids is 1. The molecular weight excluding hydrogens is 447 g/mol. The van der Waals surface area contributed by atoms with E-state index >= 15 is 0 Å². The average Bonchev–Trinajstić information content (AvgIpc) is 2.79. The first kappa shape index (κ1) is 23.2. The predicted molar refractivity (Wildman–Crippen MR) is 127 cm³/mol. The number of rotatable bonds is 7. The topological polar surface area (TPSA) is 71.3 Å². The Kier molecular flexibility index (Phi) is 7.77. The second-order valence-corrected chi connectivity index (χ2v) is 7.72. The number of hydrogen-bond acceptors (Lipinski definition) is 4. The van der Waals surface area contributed by atoms with Crippen LogP contribution in [0.3, 0.4) is 0 Å². The molecule has 0 spiro atoms. The molecule has 7 heteroatoms. The van der Waals surface area contributed by atoms with Gasteiger partial charge >= 0.3 is 0 Å². The van der Waals surface area contributed by atoms with Crippen LogP contribution in [-0.4, -0.2) is 13.0 Å². The van der Waals surface area contributed by atoms with Gasteiger partial charge in [-0.2, -0.15) is 5.26 Å². The van der Waals surface area contributed by atoms with Crippen LogP contribution in [0.2, 0.25) is 10.0 Å². The second-order valence-electron chi connectivity index (χ2n) is 6.88. The number of nitrogens with one attached hydrogen (secondary N) is 1. The van der Waals surface area contributed by atoms with Crippen molar-refractivity contribution in [2.45, 2.75) is 13.5 Å². The lowest BCUT2D eigenvalue weighted by molar-refractivity contribution is -0.112. The van der Waals surface area contributed by atoms with E-state index in [2.05, 4.69) is 5.32 Å². The third kappa shape index (κ3) is 5.82. The molecule has 3 aromatic carbocycles. The van der Waals surface area contributed by atoms with E-state index in [4.69, 9.17) is 32.7 Å². The van der Waals surface area contributed by atoms with E-state index in [0.29, 0.717) is 39.4 Å². The van der Waals surface area contributed by atoms with E-state index in [0.717, 1.165) is 11.1 Å². The summed E-state index contributed by atoms with van der Waals surface area (Å²) >= 11 is 12.1. The molecule has 0 aliphatic rings. The zero-order chi connectivity index (χ0) is 23.1. The van der Waals surface area contributed by atoms with E-state index in [1.54, 1.807) is 49.6 Å². The summed E-state index contributed by atoms with van der Waals surface area (Å²) in [6.45, 7) is 2.13. The number of para-hydroxylation sites is 1. The van der Waals surface area contributed by atoms with Crippen molar-refractivity contribution in [3.63, 3.8) is 0 Å². The first-order valence-corrected chi connectivity index (χ1v) is 10.4. The third-order valence-corrected chi connectivity index (χ3v) is 5.20. The molecule has 162 valence electrons. The number of hydrogen-bond donors (Lipinski definition) is 1. The summed E-state index contributed by atoms with van der Waals surface area (Å²) in [6, 6.07) is 19.7. The Morgan fingerprint density at radius 3 is 2.50 bits per heavy atom. The highest BCUT2D eigenvalue weighted by Crippen LogP contribution is 2.30. The van der Waals surface area contributed by atoms with Gasteiger partial charge in [0.05, 0.1) is 17.8 Å². The fourth-order valence-corrected chi connectivity index (χ4v) is 3.32. The minimum Gasteiger partial charge on any atom is -0.493 e. The van der Waals surface area contributed by atoms with Gasteiger partial charge in [0.1, 0.15) is 18.2 Å². The normalized spacial score (nSPS) is 10.9. The molecule has 0 aliphatic heterocycles. The molecule has 0 atom stereocenters. The van der Waals surface area contributed by atoms with E-state index in [-0.39, 0.29) is 5.57 Å². The minimum absolute atomic E-state index is 0.0712. The maximum absolute atomic E-state index is 12.7. The van der Waals surface area contributed by atoms with Crippen molar-refractivity contribution in [2.75, 3.05) is 12.4 Å². The highest BCUT2D eigenvalue weighted by atomic mass is 35.5. The number of benzene rings is 3. The van der Waals surface area contributed by atoms with Crippen molar-refractivity contribution < 1.29 is 14.3 Å². The monoisotopic (exact) mass is 466 g/mol. The van der Waals surface area contributed by atoms with Crippen LogP contribution >= 0.6 is 23.2 Å². The first-order valence-electron chi connectivity index (χ1n) is 9.65. The summed E-state index contributed by atoms with van der Waals surface area (Å²) < 4.78 is 11.3. The Hall–Kier alpha value is -3.46. The Balaban J connectivity index is 1.82. The van der Waals surface area contributed by atoms with E-state index in [1.165, 1.54) is 6.08 Å². The van der Waals surface area contributed by atoms with E-state index in [1.807, 2.05) is 31.2 Å². The minimum atomic E-state index is -0.553. The summed E-state index contributed by atoms with van der Waals surface area (Å²) in [4.78, 5) is 12.7. The standard InChI is InChI=1S/C25H20Cl2N2O3/c1-16-4-3-5-21(27)24(16)29-25(30)19(14-28)12-18-8-11-22(31-2)23(13-18)32-15-17-6-9-20(26)10-7-17/h3-13H,15H2,1-2H3,(H,29,30)/b19-12+. The number of carbonyl (C=O) groups is 1. The molecule has 32 heavy (non-hydrogen) atoms. The van der Waals surface area contributed by atoms with Gasteiger partial charge in [-0.15, -0.1) is 0 Å². The van der Waals surface area contributed by atoms with Crippen molar-refractivity contribution >= 4 is 40.9 Å². The van der Waals surface area contributed by atoms with Crippen LogP contribution in [0.5, 0.6) is 11.5 Å². The van der Waals surface area contributed by atoms with Crippen LogP contribution in [-0.2, 0) is 11.4 Å². The fourth-order valence-electron chi connectivity index (χ4n) is 2.92. The Morgan fingerprint density at radius 2 is 1.84 bits per heavy atom. The van der Waals surface area contributed by atoms with Crippen LogP contribution in [0, 0.1) is 18.3 Å². The number of halogens is 2. The SMILES string of the molecule is COc1ccc(/C=C(\C#N)C(=O)Nc2c(C)cccc2Cl)cc1OCc1ccc(Cl)cc1. The van der Waals surface area contributed by atoms with Gasteiger partial charge < -0.3 is 14.8 Å². The number of nitriles is 1. The van der Waals surface area contributed by atoms with E-state index < -0.39 is 5.91 Å². The number of ether oxygens (including phenoxy) is 2. The summed E-state index contributed by atoms with van der Waals surface area (Å²) in [6.07, 6.45) is 1.48. The number of methoxy groups -OCH3 is 1. The molecule has 0 saturated heterocycles. The largest absolute Gasteiger partial charge is 0.493 e. The molecule has 0 heterocycles. The highest BCUT2D eigenvalue weighted by Gasteiger charge is 2.14. The number of amides is 1. The van der Waals surface area contributed by atoms with Crippen molar-refractivity contribution in [3.8, 4) is 17.6 Å². The van der Waals surface area contributed by atoms with Crippen LogP contribution in [0.4, 0.5) is 5.69 Å². The molecule has 3 rings (SSSR count). The maximum atomic E-state index is 12.7. The number of nitrogens with zero attached hydrogens (tertiary/aromatic N) is 1. The van der Waals surface area contributed by atoms with Gasteiger partial charge in [0.25, 0.3) is 5.91 Å². The second kappa shape index (κ2) is 10.7. The molecule has 0 radical (unpaired) electrons. The summed E-state index contributed by atoms with van der Waals surface area (Å²) in [5.74, 6) is 0.463. The molecule has 1 N–H and O–H groups in total. The maximum Gasteiger partial charge on any atom is 0.266 e. The lowest BCUT2D eigenvalue weighted by atomic mass is 10.1. The van der Waals surface area contributed by atoms with Crippen LogP contribution in [0.15, 0.2) is 66.2 Å². The van der Waals surface area contributed by atoms with Crippen LogP contribution in [0.25, 0.3) is 6.08 Å². The van der Waals surface area contributed by atoms with Crippen molar-refractivity contribution in [3.05, 3.63) is 93.0 Å². The van der Waals surface area contributed by atoms with E-state index in [9.17, 15) is 10.1 Å². The van der Waals surface area contributed by atoms with Crippen molar-refractivity contribution in [1.82, 2.24) is 0 Å². The van der Waals surface area contributed by atoms with Crippen molar-refractivity contribution in [1.29, 1.82) is 5.26 Å². The fraction of sp³-hybridized carbons (Fsp3) is 0.120. The lowest BCUT2D eigenvalue weighted by Crippen LogP contribution is -2.14. The van der Waals surface area contributed by atoms with Gasteiger partial charge in [0.2, 0.25) is 0 Å². The summed E-state index contributed by atoms with van der Waals surface area (Å²) in [7, 11) is 1.54. The predicted octanol–water partition coefficient (Wildman–Crippen LogP) is 6.44. The zero-order valence-corrected chi connectivity index (χ0v) is 19.0. The zero-order valence-electron chi connectivity index (χ0n) is 17.5. The number of anilines is 1. The summed E-state index contributed by atoms with van der Waals surface area (Å²) in [5.41, 5.74) is 2.75. The van der Waals surface area contributed by atoms with Gasteiger partial charge in [0.15, 0.2) is 11.5 Å². The van der Waals surface area contributed by atoms with Crippen molar-refractivity contribution in [2.24, 2.45) is 0 Å². The van der Waals surface area contributed by atoms with Gasteiger partial charge in [-0.3, -0.25) is 4.79 Å². The summed E-state index contributed by atoms with van der Waals surface area (Å²) in [5, 5.41) is 13.3. The molecule has 5 nitrogen and oxygen atoms in total. The Labute approximate surface area is 196 Å².